The third kappa shape index (κ3) is 5.97. The molecule has 1 aliphatic rings. The molecule has 2 atom stereocenters. The summed E-state index contributed by atoms with van der Waals surface area (Å²) in [6.45, 7) is 2.74. The Kier molecular flexibility index (Phi) is 7.36. The number of likely N-dealkylation sites (tertiary alicyclic amines) is 1. The first-order valence-electron chi connectivity index (χ1n) is 11.1. The van der Waals surface area contributed by atoms with Gasteiger partial charge in [-0.3, -0.25) is 4.79 Å². The number of nitrogens with zero attached hydrogens (tertiary/aromatic N) is 2. The van der Waals surface area contributed by atoms with Crippen LogP contribution in [0.3, 0.4) is 0 Å². The predicted octanol–water partition coefficient (Wildman–Crippen LogP) is 2.75. The minimum absolute atomic E-state index is 0.148. The third-order valence-electron chi connectivity index (χ3n) is 6.09. The highest BCUT2D eigenvalue weighted by Gasteiger charge is 2.28. The lowest BCUT2D eigenvalue weighted by atomic mass is 9.94. The molecule has 0 aliphatic carbocycles. The summed E-state index contributed by atoms with van der Waals surface area (Å²) in [5.74, 6) is -0.530. The van der Waals surface area contributed by atoms with Crippen molar-refractivity contribution in [3.8, 4) is 0 Å². The molecular weight excluding hydrogens is 425 g/mol. The minimum atomic E-state index is -0.523. The van der Waals surface area contributed by atoms with E-state index in [2.05, 4.69) is 10.2 Å². The number of amides is 1. The van der Waals surface area contributed by atoms with Crippen LogP contribution in [-0.2, 0) is 17.9 Å². The molecule has 0 unspecified atom stereocenters. The minimum Gasteiger partial charge on any atom is -0.445 e. The number of carbonyl (C=O) groups excluding carboxylic acids is 1. The summed E-state index contributed by atoms with van der Waals surface area (Å²) in [7, 11) is 0. The van der Waals surface area contributed by atoms with Crippen LogP contribution in [0.4, 0.5) is 9.18 Å². The number of ether oxygens (including phenoxy) is 1. The standard InChI is InChI=1S/C25H28FN3O4/c26-21-8-6-19-7-9-24(31)29(22(19)14-21)13-12-28-11-10-23(30)20(16-28)15-27-25(32)33-17-18-4-2-1-3-5-18/h1-9,14,20,23,30H,10-13,15-17H2,(H,27,32)/t20-,23+/m1/s1. The summed E-state index contributed by atoms with van der Waals surface area (Å²) < 4.78 is 20.6. The Morgan fingerprint density at radius 2 is 1.91 bits per heavy atom. The number of hydrogen-bond acceptors (Lipinski definition) is 5. The van der Waals surface area contributed by atoms with Crippen molar-refractivity contribution in [2.45, 2.75) is 25.7 Å². The summed E-state index contributed by atoms with van der Waals surface area (Å²) in [5.41, 5.74) is 1.29. The van der Waals surface area contributed by atoms with Gasteiger partial charge in [0.25, 0.3) is 5.56 Å². The van der Waals surface area contributed by atoms with Gasteiger partial charge in [-0.1, -0.05) is 30.3 Å². The first-order valence-corrected chi connectivity index (χ1v) is 11.1. The zero-order valence-corrected chi connectivity index (χ0v) is 18.3. The molecule has 1 fully saturated rings. The van der Waals surface area contributed by atoms with Crippen LogP contribution in [0.5, 0.6) is 0 Å². The second kappa shape index (κ2) is 10.6. The van der Waals surface area contributed by atoms with Crippen molar-refractivity contribution in [2.24, 2.45) is 5.92 Å². The molecule has 3 aromatic rings. The van der Waals surface area contributed by atoms with Crippen LogP contribution in [0, 0.1) is 11.7 Å². The number of carbonyl (C=O) groups is 1. The van der Waals surface area contributed by atoms with Crippen LogP contribution in [0.2, 0.25) is 0 Å². The fourth-order valence-electron chi connectivity index (χ4n) is 4.22. The maximum atomic E-state index is 13.7. The van der Waals surface area contributed by atoms with Gasteiger partial charge in [0.15, 0.2) is 0 Å². The van der Waals surface area contributed by atoms with Crippen LogP contribution < -0.4 is 10.9 Å². The number of halogens is 1. The first-order chi connectivity index (χ1) is 16.0. The Labute approximate surface area is 191 Å². The Morgan fingerprint density at radius 1 is 1.12 bits per heavy atom. The molecule has 1 saturated heterocycles. The summed E-state index contributed by atoms with van der Waals surface area (Å²) in [5, 5.41) is 13.9. The monoisotopic (exact) mass is 453 g/mol. The van der Waals surface area contributed by atoms with Gasteiger partial charge in [0.2, 0.25) is 0 Å². The van der Waals surface area contributed by atoms with E-state index in [1.54, 1.807) is 16.7 Å². The van der Waals surface area contributed by atoms with Crippen molar-refractivity contribution in [1.82, 2.24) is 14.8 Å². The normalized spacial score (nSPS) is 18.8. The number of pyridine rings is 1. The SMILES string of the molecule is O=C(NC[C@@H]1CN(CCn2c(=O)ccc3ccc(F)cc32)CC[C@@H]1O)OCc1ccccc1. The van der Waals surface area contributed by atoms with Gasteiger partial charge in [-0.25, -0.2) is 9.18 Å². The molecule has 2 aromatic carbocycles. The average Bonchev–Trinajstić information content (AvgIpc) is 2.82. The van der Waals surface area contributed by atoms with E-state index in [4.69, 9.17) is 4.74 Å². The van der Waals surface area contributed by atoms with Gasteiger partial charge in [-0.05, 0) is 41.6 Å². The zero-order chi connectivity index (χ0) is 23.2. The lowest BCUT2D eigenvalue weighted by molar-refractivity contribution is 0.0254. The first kappa shape index (κ1) is 22.9. The van der Waals surface area contributed by atoms with Crippen molar-refractivity contribution < 1.29 is 19.0 Å². The molecule has 0 radical (unpaired) electrons. The van der Waals surface area contributed by atoms with E-state index in [0.717, 1.165) is 10.9 Å². The van der Waals surface area contributed by atoms with E-state index in [1.165, 1.54) is 18.2 Å². The van der Waals surface area contributed by atoms with E-state index in [-0.39, 0.29) is 23.9 Å². The van der Waals surface area contributed by atoms with E-state index in [9.17, 15) is 19.1 Å². The largest absolute Gasteiger partial charge is 0.445 e. The quantitative estimate of drug-likeness (QED) is 0.575. The highest BCUT2D eigenvalue weighted by Crippen LogP contribution is 2.18. The Bertz CT molecular complexity index is 1150. The summed E-state index contributed by atoms with van der Waals surface area (Å²) in [6, 6.07) is 17.0. The second-order valence-electron chi connectivity index (χ2n) is 8.39. The van der Waals surface area contributed by atoms with Crippen molar-refractivity contribution in [3.63, 3.8) is 0 Å². The van der Waals surface area contributed by atoms with Crippen LogP contribution in [0.25, 0.3) is 10.9 Å². The van der Waals surface area contributed by atoms with Gasteiger partial charge in [0, 0.05) is 44.7 Å². The number of piperidine rings is 1. The third-order valence-corrected chi connectivity index (χ3v) is 6.09. The fraction of sp³-hybridized carbons (Fsp3) is 0.360. The summed E-state index contributed by atoms with van der Waals surface area (Å²) in [4.78, 5) is 26.6. The molecule has 8 heteroatoms. The molecule has 0 bridgehead atoms. The highest BCUT2D eigenvalue weighted by molar-refractivity contribution is 5.78. The topological polar surface area (TPSA) is 83.8 Å². The zero-order valence-electron chi connectivity index (χ0n) is 18.3. The van der Waals surface area contributed by atoms with Gasteiger partial charge in [0.1, 0.15) is 12.4 Å². The molecule has 2 heterocycles. The van der Waals surface area contributed by atoms with E-state index in [0.29, 0.717) is 44.7 Å². The Balaban J connectivity index is 1.30. The van der Waals surface area contributed by atoms with Crippen molar-refractivity contribution in [1.29, 1.82) is 0 Å². The molecule has 0 spiro atoms. The highest BCUT2D eigenvalue weighted by atomic mass is 19.1. The van der Waals surface area contributed by atoms with E-state index >= 15 is 0 Å². The summed E-state index contributed by atoms with van der Waals surface area (Å²) in [6.07, 6.45) is -0.470. The lowest BCUT2D eigenvalue weighted by Gasteiger charge is -2.36. The van der Waals surface area contributed by atoms with Gasteiger partial charge >= 0.3 is 6.09 Å². The number of nitrogens with one attached hydrogen (secondary N) is 1. The van der Waals surface area contributed by atoms with Gasteiger partial charge in [-0.2, -0.15) is 0 Å². The smallest absolute Gasteiger partial charge is 0.407 e. The number of fused-ring (bicyclic) bond motifs is 1. The molecule has 33 heavy (non-hydrogen) atoms. The molecule has 1 aromatic heterocycles. The average molecular weight is 454 g/mol. The molecule has 1 aliphatic heterocycles. The second-order valence-corrected chi connectivity index (χ2v) is 8.39. The molecule has 2 N–H and O–H groups in total. The van der Waals surface area contributed by atoms with Crippen LogP contribution in [0.15, 0.2) is 65.5 Å². The van der Waals surface area contributed by atoms with Gasteiger partial charge in [0.05, 0.1) is 11.6 Å². The number of aromatic nitrogens is 1. The Hall–Kier alpha value is -3.23. The van der Waals surface area contributed by atoms with E-state index in [1.807, 2.05) is 30.3 Å². The van der Waals surface area contributed by atoms with Crippen LogP contribution in [-0.4, -0.2) is 52.9 Å². The number of hydrogen-bond donors (Lipinski definition) is 2. The number of rotatable bonds is 7. The van der Waals surface area contributed by atoms with Crippen molar-refractivity contribution in [3.05, 3.63) is 82.4 Å². The number of alkyl carbamates (subject to hydrolysis) is 1. The molecule has 0 saturated carbocycles. The Morgan fingerprint density at radius 3 is 2.73 bits per heavy atom. The molecule has 174 valence electrons. The van der Waals surface area contributed by atoms with Crippen molar-refractivity contribution in [2.75, 3.05) is 26.2 Å². The maximum absolute atomic E-state index is 13.7. The van der Waals surface area contributed by atoms with Crippen LogP contribution in [0.1, 0.15) is 12.0 Å². The summed E-state index contributed by atoms with van der Waals surface area (Å²) >= 11 is 0. The van der Waals surface area contributed by atoms with Crippen molar-refractivity contribution >= 4 is 17.0 Å². The lowest BCUT2D eigenvalue weighted by Crippen LogP contribution is -2.48. The number of aliphatic hydroxyl groups excluding tert-OH is 1. The molecule has 4 rings (SSSR count). The van der Waals surface area contributed by atoms with Gasteiger partial charge in [-0.15, -0.1) is 0 Å². The predicted molar refractivity (Wildman–Crippen MR) is 123 cm³/mol. The molecular formula is C25H28FN3O4. The van der Waals surface area contributed by atoms with Gasteiger partial charge < -0.3 is 24.6 Å². The number of aliphatic hydroxyl groups is 1. The fourth-order valence-corrected chi connectivity index (χ4v) is 4.22. The molecule has 7 nitrogen and oxygen atoms in total. The van der Waals surface area contributed by atoms with E-state index < -0.39 is 12.2 Å². The molecule has 1 amide bonds. The van der Waals surface area contributed by atoms with Crippen LogP contribution >= 0.6 is 0 Å². The maximum Gasteiger partial charge on any atom is 0.407 e. The number of benzene rings is 2.